The lowest BCUT2D eigenvalue weighted by Crippen LogP contribution is -2.33. The van der Waals surface area contributed by atoms with E-state index in [4.69, 9.17) is 4.74 Å². The molecule has 0 aromatic heterocycles. The minimum Gasteiger partial charge on any atom is -0.497 e. The second-order valence-electron chi connectivity index (χ2n) is 6.86. The highest BCUT2D eigenvalue weighted by atomic mass is 32.2. The number of benzene rings is 2. The number of nitrogens with one attached hydrogen (secondary N) is 1. The molecule has 0 spiro atoms. The van der Waals surface area contributed by atoms with Crippen molar-refractivity contribution in [3.63, 3.8) is 0 Å². The maximum absolute atomic E-state index is 12.8. The van der Waals surface area contributed by atoms with Crippen molar-refractivity contribution >= 4 is 40.1 Å². The van der Waals surface area contributed by atoms with Crippen LogP contribution in [0.3, 0.4) is 0 Å². The first-order valence-corrected chi connectivity index (χ1v) is 10.4. The minimum atomic E-state index is -0.482. The zero-order valence-electron chi connectivity index (χ0n) is 17.1. The molecule has 1 saturated heterocycles. The van der Waals surface area contributed by atoms with Gasteiger partial charge in [-0.15, -0.1) is 0 Å². The third kappa shape index (κ3) is 4.98. The van der Waals surface area contributed by atoms with Gasteiger partial charge in [0.2, 0.25) is 11.8 Å². The molecule has 7 heteroatoms. The molecule has 0 unspecified atom stereocenters. The van der Waals surface area contributed by atoms with Crippen molar-refractivity contribution in [3.05, 3.63) is 53.6 Å². The van der Waals surface area contributed by atoms with Crippen LogP contribution in [0.25, 0.3) is 0 Å². The summed E-state index contributed by atoms with van der Waals surface area (Å²) in [6.07, 6.45) is 0.102. The number of thioether (sulfide) groups is 1. The number of carbonyl (C=O) groups is 2. The van der Waals surface area contributed by atoms with E-state index in [2.05, 4.69) is 10.3 Å². The number of carbonyl (C=O) groups excluding carboxylic acids is 2. The van der Waals surface area contributed by atoms with Crippen LogP contribution in [0.5, 0.6) is 5.75 Å². The highest BCUT2D eigenvalue weighted by Gasteiger charge is 2.38. The molecule has 2 aromatic rings. The van der Waals surface area contributed by atoms with Gasteiger partial charge in [-0.05, 0) is 50.1 Å². The Labute approximate surface area is 175 Å². The predicted octanol–water partition coefficient (Wildman–Crippen LogP) is 4.29. The molecule has 1 aliphatic heterocycles. The lowest BCUT2D eigenvalue weighted by molar-refractivity contribution is -0.128. The molecule has 1 atom stereocenters. The van der Waals surface area contributed by atoms with Gasteiger partial charge < -0.3 is 10.1 Å². The molecule has 6 nitrogen and oxygen atoms in total. The molecule has 0 saturated carbocycles. The quantitative estimate of drug-likeness (QED) is 0.770. The molecular formula is C22H25N3O3S. The SMILES string of the molecule is CCN1C(=O)[C@H](CC(=O)Nc2cc(C)ccc2C)SC1=Nc1cccc(OC)c1. The Kier molecular flexibility index (Phi) is 6.59. The summed E-state index contributed by atoms with van der Waals surface area (Å²) in [6.45, 7) is 6.33. The van der Waals surface area contributed by atoms with Gasteiger partial charge in [-0.2, -0.15) is 0 Å². The number of amides is 2. The van der Waals surface area contributed by atoms with Crippen LogP contribution in [-0.4, -0.2) is 40.8 Å². The van der Waals surface area contributed by atoms with E-state index in [9.17, 15) is 9.59 Å². The highest BCUT2D eigenvalue weighted by molar-refractivity contribution is 8.15. The van der Waals surface area contributed by atoms with Gasteiger partial charge in [0, 0.05) is 24.7 Å². The summed E-state index contributed by atoms with van der Waals surface area (Å²) in [6, 6.07) is 13.3. The second-order valence-corrected chi connectivity index (χ2v) is 8.03. The first-order valence-electron chi connectivity index (χ1n) is 9.49. The summed E-state index contributed by atoms with van der Waals surface area (Å²) >= 11 is 1.33. The number of hydrogen-bond donors (Lipinski definition) is 1. The zero-order chi connectivity index (χ0) is 21.0. The summed E-state index contributed by atoms with van der Waals surface area (Å²) in [5.74, 6) is 0.437. The number of ether oxygens (including phenoxy) is 1. The van der Waals surface area contributed by atoms with E-state index in [0.717, 1.165) is 16.8 Å². The van der Waals surface area contributed by atoms with Crippen LogP contribution < -0.4 is 10.1 Å². The Morgan fingerprint density at radius 3 is 2.76 bits per heavy atom. The third-order valence-electron chi connectivity index (χ3n) is 4.65. The molecule has 1 aliphatic rings. The Hall–Kier alpha value is -2.80. The number of anilines is 1. The molecule has 0 aliphatic carbocycles. The molecule has 0 bridgehead atoms. The summed E-state index contributed by atoms with van der Waals surface area (Å²) < 4.78 is 5.23. The number of methoxy groups -OCH3 is 1. The second kappa shape index (κ2) is 9.13. The Morgan fingerprint density at radius 1 is 1.24 bits per heavy atom. The molecule has 29 heavy (non-hydrogen) atoms. The van der Waals surface area contributed by atoms with E-state index >= 15 is 0 Å². The molecule has 1 fully saturated rings. The van der Waals surface area contributed by atoms with E-state index in [-0.39, 0.29) is 18.2 Å². The van der Waals surface area contributed by atoms with Crippen LogP contribution in [0.4, 0.5) is 11.4 Å². The molecule has 0 radical (unpaired) electrons. The van der Waals surface area contributed by atoms with Crippen molar-refractivity contribution in [1.82, 2.24) is 4.90 Å². The number of nitrogens with zero attached hydrogens (tertiary/aromatic N) is 2. The van der Waals surface area contributed by atoms with E-state index in [0.29, 0.717) is 23.1 Å². The molecule has 152 valence electrons. The standard InChI is InChI=1S/C22H25N3O3S/c1-5-25-21(27)19(13-20(26)24-18-11-14(2)9-10-15(18)3)29-22(25)23-16-7-6-8-17(12-16)28-4/h6-12,19H,5,13H2,1-4H3,(H,24,26)/t19-/m0/s1. The van der Waals surface area contributed by atoms with Crippen molar-refractivity contribution in [1.29, 1.82) is 0 Å². The van der Waals surface area contributed by atoms with E-state index in [1.807, 2.05) is 63.2 Å². The molecule has 1 heterocycles. The number of hydrogen-bond acceptors (Lipinski definition) is 5. The normalized spacial score (nSPS) is 17.7. The fraction of sp³-hybridized carbons (Fsp3) is 0.318. The van der Waals surface area contributed by atoms with Gasteiger partial charge in [0.15, 0.2) is 5.17 Å². The first kappa shape index (κ1) is 20.9. The Morgan fingerprint density at radius 2 is 2.03 bits per heavy atom. The van der Waals surface area contributed by atoms with Gasteiger partial charge >= 0.3 is 0 Å². The number of rotatable bonds is 6. The number of aryl methyl sites for hydroxylation is 2. The fourth-order valence-electron chi connectivity index (χ4n) is 3.05. The van der Waals surface area contributed by atoms with Gasteiger partial charge in [-0.3, -0.25) is 14.5 Å². The van der Waals surface area contributed by atoms with Crippen LogP contribution in [-0.2, 0) is 9.59 Å². The van der Waals surface area contributed by atoms with Crippen LogP contribution in [0.1, 0.15) is 24.5 Å². The maximum Gasteiger partial charge on any atom is 0.242 e. The van der Waals surface area contributed by atoms with Crippen molar-refractivity contribution in [2.75, 3.05) is 19.0 Å². The summed E-state index contributed by atoms with van der Waals surface area (Å²) in [4.78, 5) is 31.6. The number of aliphatic imine (C=N–C) groups is 1. The smallest absolute Gasteiger partial charge is 0.242 e. The number of amidine groups is 1. The van der Waals surface area contributed by atoms with Crippen molar-refractivity contribution in [3.8, 4) is 5.75 Å². The van der Waals surface area contributed by atoms with Crippen molar-refractivity contribution in [2.24, 2.45) is 4.99 Å². The van der Waals surface area contributed by atoms with Gasteiger partial charge in [-0.1, -0.05) is 30.0 Å². The first-order chi connectivity index (χ1) is 13.9. The molecule has 2 aromatic carbocycles. The predicted molar refractivity (Wildman–Crippen MR) is 118 cm³/mol. The van der Waals surface area contributed by atoms with Crippen LogP contribution in [0.15, 0.2) is 47.5 Å². The van der Waals surface area contributed by atoms with Gasteiger partial charge in [0.05, 0.1) is 12.8 Å². The van der Waals surface area contributed by atoms with E-state index < -0.39 is 5.25 Å². The van der Waals surface area contributed by atoms with Crippen LogP contribution in [0, 0.1) is 13.8 Å². The third-order valence-corrected chi connectivity index (χ3v) is 5.83. The van der Waals surface area contributed by atoms with Gasteiger partial charge in [0.1, 0.15) is 11.0 Å². The van der Waals surface area contributed by atoms with Gasteiger partial charge in [-0.25, -0.2) is 4.99 Å². The average Bonchev–Trinajstić information content (AvgIpc) is 2.98. The van der Waals surface area contributed by atoms with Crippen molar-refractivity contribution in [2.45, 2.75) is 32.4 Å². The molecule has 3 rings (SSSR count). The maximum atomic E-state index is 12.8. The average molecular weight is 412 g/mol. The Balaban J connectivity index is 1.73. The topological polar surface area (TPSA) is 71.0 Å². The van der Waals surface area contributed by atoms with Gasteiger partial charge in [0.25, 0.3) is 0 Å². The van der Waals surface area contributed by atoms with E-state index in [1.54, 1.807) is 12.0 Å². The van der Waals surface area contributed by atoms with E-state index in [1.165, 1.54) is 11.8 Å². The Bertz CT molecular complexity index is 958. The lowest BCUT2D eigenvalue weighted by Gasteiger charge is -2.13. The van der Waals surface area contributed by atoms with Crippen molar-refractivity contribution < 1.29 is 14.3 Å². The molecule has 1 N–H and O–H groups in total. The fourth-order valence-corrected chi connectivity index (χ4v) is 4.27. The highest BCUT2D eigenvalue weighted by Crippen LogP contribution is 2.32. The summed E-state index contributed by atoms with van der Waals surface area (Å²) in [7, 11) is 1.60. The minimum absolute atomic E-state index is 0.0877. The lowest BCUT2D eigenvalue weighted by atomic mass is 10.1. The largest absolute Gasteiger partial charge is 0.497 e. The monoisotopic (exact) mass is 411 g/mol. The van der Waals surface area contributed by atoms with Crippen LogP contribution in [0.2, 0.25) is 0 Å². The molecular weight excluding hydrogens is 386 g/mol. The molecule has 2 amide bonds. The summed E-state index contributed by atoms with van der Waals surface area (Å²) in [5.41, 5.74) is 3.55. The van der Waals surface area contributed by atoms with Crippen LogP contribution >= 0.6 is 11.8 Å². The summed E-state index contributed by atoms with van der Waals surface area (Å²) in [5, 5.41) is 3.06. The zero-order valence-corrected chi connectivity index (χ0v) is 17.9.